The van der Waals surface area contributed by atoms with Crippen molar-refractivity contribution < 1.29 is 9.59 Å². The minimum Gasteiger partial charge on any atom is -0.332 e. The van der Waals surface area contributed by atoms with Gasteiger partial charge in [-0.05, 0) is 60.4 Å². The average Bonchev–Trinajstić information content (AvgIpc) is 3.41. The lowest BCUT2D eigenvalue weighted by atomic mass is 9.94. The van der Waals surface area contributed by atoms with Gasteiger partial charge in [0.1, 0.15) is 6.54 Å². The standard InChI is InChI=1S/C28H33N3O2S2/c1-34-25-16-14-23(15-17-25)29-28(33)31(24-11-6-3-7-12-24)21-27(32)30(20-26-13-8-18-35-26)19-22-9-4-2-5-10-22/h2,4-5,8-10,13-18,24H,3,6-7,11-12,19-21H2,1H3,(H,29,33). The molecule has 0 saturated heterocycles. The first-order valence-corrected chi connectivity index (χ1v) is 14.3. The van der Waals surface area contributed by atoms with E-state index in [-0.39, 0.29) is 24.5 Å². The van der Waals surface area contributed by atoms with Gasteiger partial charge < -0.3 is 15.1 Å². The number of thioether (sulfide) groups is 1. The lowest BCUT2D eigenvalue weighted by molar-refractivity contribution is -0.133. The van der Waals surface area contributed by atoms with E-state index in [1.54, 1.807) is 28.0 Å². The zero-order chi connectivity index (χ0) is 24.5. The second-order valence-electron chi connectivity index (χ2n) is 8.89. The first-order chi connectivity index (χ1) is 17.1. The third kappa shape index (κ3) is 7.36. The monoisotopic (exact) mass is 507 g/mol. The molecule has 1 aromatic heterocycles. The smallest absolute Gasteiger partial charge is 0.322 e. The molecule has 0 spiro atoms. The molecule has 4 rings (SSSR count). The first kappa shape index (κ1) is 25.3. The Balaban J connectivity index is 1.51. The Morgan fingerprint density at radius 1 is 0.943 bits per heavy atom. The summed E-state index contributed by atoms with van der Waals surface area (Å²) in [6.07, 6.45) is 7.28. The predicted molar refractivity (Wildman–Crippen MR) is 146 cm³/mol. The van der Waals surface area contributed by atoms with Gasteiger partial charge in [-0.3, -0.25) is 4.79 Å². The molecule has 0 atom stereocenters. The fourth-order valence-electron chi connectivity index (χ4n) is 4.50. The van der Waals surface area contributed by atoms with Gasteiger partial charge in [0.15, 0.2) is 0 Å². The third-order valence-electron chi connectivity index (χ3n) is 6.42. The number of carbonyl (C=O) groups is 2. The SMILES string of the molecule is CSc1ccc(NC(=O)N(CC(=O)N(Cc2ccccc2)Cc2cccs2)C2CCCCC2)cc1. The molecule has 1 N–H and O–H groups in total. The molecule has 1 aliphatic rings. The average molecular weight is 508 g/mol. The van der Waals surface area contributed by atoms with Crippen molar-refractivity contribution in [1.82, 2.24) is 9.80 Å². The summed E-state index contributed by atoms with van der Waals surface area (Å²) < 4.78 is 0. The Bertz CT molecular complexity index is 1070. The number of hydrogen-bond acceptors (Lipinski definition) is 4. The Morgan fingerprint density at radius 3 is 2.34 bits per heavy atom. The molecular weight excluding hydrogens is 474 g/mol. The molecule has 2 aromatic carbocycles. The van der Waals surface area contributed by atoms with E-state index >= 15 is 0 Å². The normalized spacial score (nSPS) is 13.9. The Morgan fingerprint density at radius 2 is 1.69 bits per heavy atom. The number of carbonyl (C=O) groups excluding carboxylic acids is 2. The summed E-state index contributed by atoms with van der Waals surface area (Å²) in [6, 6.07) is 21.8. The van der Waals surface area contributed by atoms with Crippen LogP contribution in [-0.2, 0) is 17.9 Å². The van der Waals surface area contributed by atoms with Gasteiger partial charge in [-0.1, -0.05) is 55.7 Å². The van der Waals surface area contributed by atoms with Crippen molar-refractivity contribution in [3.8, 4) is 0 Å². The summed E-state index contributed by atoms with van der Waals surface area (Å²) in [5.41, 5.74) is 1.83. The Labute approximate surface area is 216 Å². The Hall–Kier alpha value is -2.77. The molecular formula is C28H33N3O2S2. The molecule has 5 nitrogen and oxygen atoms in total. The molecule has 1 saturated carbocycles. The van der Waals surface area contributed by atoms with Gasteiger partial charge in [0.2, 0.25) is 5.91 Å². The van der Waals surface area contributed by atoms with Gasteiger partial charge in [-0.25, -0.2) is 4.79 Å². The highest BCUT2D eigenvalue weighted by molar-refractivity contribution is 7.98. The number of hydrogen-bond donors (Lipinski definition) is 1. The van der Waals surface area contributed by atoms with Crippen LogP contribution in [0.25, 0.3) is 0 Å². The second-order valence-corrected chi connectivity index (χ2v) is 10.8. The zero-order valence-corrected chi connectivity index (χ0v) is 21.8. The van der Waals surface area contributed by atoms with Crippen molar-refractivity contribution in [2.75, 3.05) is 18.1 Å². The number of nitrogens with zero attached hydrogens (tertiary/aromatic N) is 2. The van der Waals surface area contributed by atoms with Crippen LogP contribution >= 0.6 is 23.1 Å². The maximum atomic E-state index is 13.7. The van der Waals surface area contributed by atoms with Gasteiger partial charge in [-0.15, -0.1) is 23.1 Å². The Kier molecular flexibility index (Phi) is 9.26. The van der Waals surface area contributed by atoms with Gasteiger partial charge in [0, 0.05) is 28.0 Å². The fourth-order valence-corrected chi connectivity index (χ4v) is 5.63. The van der Waals surface area contributed by atoms with Crippen LogP contribution in [0.5, 0.6) is 0 Å². The number of nitrogens with one attached hydrogen (secondary N) is 1. The molecule has 1 fully saturated rings. The van der Waals surface area contributed by atoms with E-state index in [0.717, 1.165) is 46.7 Å². The second kappa shape index (κ2) is 12.8. The van der Waals surface area contributed by atoms with Crippen LogP contribution in [0.3, 0.4) is 0 Å². The van der Waals surface area contributed by atoms with Crippen LogP contribution in [0.1, 0.15) is 42.5 Å². The van der Waals surface area contributed by atoms with E-state index in [0.29, 0.717) is 13.1 Å². The number of thiophene rings is 1. The highest BCUT2D eigenvalue weighted by Gasteiger charge is 2.29. The largest absolute Gasteiger partial charge is 0.332 e. The summed E-state index contributed by atoms with van der Waals surface area (Å²) in [6.45, 7) is 1.15. The molecule has 0 aliphatic heterocycles. The third-order valence-corrected chi connectivity index (χ3v) is 8.02. The molecule has 35 heavy (non-hydrogen) atoms. The number of benzene rings is 2. The lowest BCUT2D eigenvalue weighted by Crippen LogP contribution is -2.49. The molecule has 1 aliphatic carbocycles. The quantitative estimate of drug-likeness (QED) is 0.322. The summed E-state index contributed by atoms with van der Waals surface area (Å²) in [5, 5.41) is 5.07. The number of rotatable bonds is 9. The summed E-state index contributed by atoms with van der Waals surface area (Å²) >= 11 is 3.32. The van der Waals surface area contributed by atoms with Gasteiger partial charge >= 0.3 is 6.03 Å². The van der Waals surface area contributed by atoms with Crippen LogP contribution in [0, 0.1) is 0 Å². The van der Waals surface area contributed by atoms with Crippen molar-refractivity contribution in [2.45, 2.75) is 56.1 Å². The van der Waals surface area contributed by atoms with Crippen molar-refractivity contribution in [3.63, 3.8) is 0 Å². The van der Waals surface area contributed by atoms with Gasteiger partial charge in [-0.2, -0.15) is 0 Å². The van der Waals surface area contributed by atoms with Crippen LogP contribution in [0.2, 0.25) is 0 Å². The van der Waals surface area contributed by atoms with Gasteiger partial charge in [0.25, 0.3) is 0 Å². The van der Waals surface area contributed by atoms with E-state index in [4.69, 9.17) is 0 Å². The number of anilines is 1. The predicted octanol–water partition coefficient (Wildman–Crippen LogP) is 6.87. The van der Waals surface area contributed by atoms with Crippen molar-refractivity contribution in [3.05, 3.63) is 82.6 Å². The molecule has 7 heteroatoms. The van der Waals surface area contributed by atoms with Crippen molar-refractivity contribution >= 4 is 40.7 Å². The van der Waals surface area contributed by atoms with Crippen LogP contribution in [-0.4, -0.2) is 40.6 Å². The highest BCUT2D eigenvalue weighted by Crippen LogP contribution is 2.25. The van der Waals surface area contributed by atoms with Crippen LogP contribution in [0.4, 0.5) is 10.5 Å². The molecule has 0 radical (unpaired) electrons. The zero-order valence-electron chi connectivity index (χ0n) is 20.2. The van der Waals surface area contributed by atoms with Crippen molar-refractivity contribution in [1.29, 1.82) is 0 Å². The number of amides is 3. The first-order valence-electron chi connectivity index (χ1n) is 12.2. The van der Waals surface area contributed by atoms with Gasteiger partial charge in [0.05, 0.1) is 6.54 Å². The topological polar surface area (TPSA) is 52.7 Å². The molecule has 3 aromatic rings. The van der Waals surface area contributed by atoms with Crippen LogP contribution in [0.15, 0.2) is 77.0 Å². The summed E-state index contributed by atoms with van der Waals surface area (Å²) in [5.74, 6) is -0.0271. The summed E-state index contributed by atoms with van der Waals surface area (Å²) in [7, 11) is 0. The highest BCUT2D eigenvalue weighted by atomic mass is 32.2. The van der Waals surface area contributed by atoms with E-state index < -0.39 is 0 Å². The molecule has 3 amide bonds. The molecule has 0 unspecified atom stereocenters. The van der Waals surface area contributed by atoms with E-state index in [1.165, 1.54) is 6.42 Å². The van der Waals surface area contributed by atoms with E-state index in [9.17, 15) is 9.59 Å². The van der Waals surface area contributed by atoms with E-state index in [2.05, 4.69) is 11.4 Å². The molecule has 1 heterocycles. The maximum absolute atomic E-state index is 13.7. The minimum absolute atomic E-state index is 0.0271. The number of urea groups is 1. The fraction of sp³-hybridized carbons (Fsp3) is 0.357. The molecule has 184 valence electrons. The lowest BCUT2D eigenvalue weighted by Gasteiger charge is -2.35. The minimum atomic E-state index is -0.196. The summed E-state index contributed by atoms with van der Waals surface area (Å²) in [4.78, 5) is 33.0. The van der Waals surface area contributed by atoms with E-state index in [1.807, 2.05) is 77.2 Å². The van der Waals surface area contributed by atoms with Crippen LogP contribution < -0.4 is 5.32 Å². The molecule has 0 bridgehead atoms. The van der Waals surface area contributed by atoms with Crippen molar-refractivity contribution in [2.24, 2.45) is 0 Å². The maximum Gasteiger partial charge on any atom is 0.322 e.